The lowest BCUT2D eigenvalue weighted by atomic mass is 10.1. The molecule has 0 aromatic rings. The smallest absolute Gasteiger partial charge is 0.148 e. The molecule has 0 amide bonds. The van der Waals surface area contributed by atoms with Gasteiger partial charge in [0.1, 0.15) is 9.84 Å². The minimum absolute atomic E-state index is 0.225. The molecule has 0 saturated carbocycles. The molecule has 0 aliphatic carbocycles. The summed E-state index contributed by atoms with van der Waals surface area (Å²) in [5.41, 5.74) is 0. The Kier molecular flexibility index (Phi) is 5.85. The standard InChI is InChI=1S/C11H24N2O3S/c1-10(8-11-9-16-6-4-12-11)13(2)5-7-17(3,14)15/h10-12H,4-9H2,1-3H3. The fourth-order valence-corrected chi connectivity index (χ4v) is 2.51. The van der Waals surface area contributed by atoms with Crippen LogP contribution in [0.25, 0.3) is 0 Å². The maximum Gasteiger partial charge on any atom is 0.148 e. The highest BCUT2D eigenvalue weighted by Gasteiger charge is 2.19. The third-order valence-corrected chi connectivity index (χ3v) is 4.12. The van der Waals surface area contributed by atoms with E-state index in [1.54, 1.807) is 0 Å². The van der Waals surface area contributed by atoms with Crippen LogP contribution in [0.3, 0.4) is 0 Å². The van der Waals surface area contributed by atoms with Crippen molar-refractivity contribution in [3.8, 4) is 0 Å². The van der Waals surface area contributed by atoms with Crippen molar-refractivity contribution in [2.45, 2.75) is 25.4 Å². The molecular weight excluding hydrogens is 240 g/mol. The fraction of sp³-hybridized carbons (Fsp3) is 1.00. The highest BCUT2D eigenvalue weighted by Crippen LogP contribution is 2.07. The molecule has 5 nitrogen and oxygen atoms in total. The Bertz CT molecular complexity index is 313. The minimum Gasteiger partial charge on any atom is -0.379 e. The molecule has 6 heteroatoms. The van der Waals surface area contributed by atoms with Gasteiger partial charge < -0.3 is 15.0 Å². The molecule has 0 radical (unpaired) electrons. The van der Waals surface area contributed by atoms with Crippen molar-refractivity contribution in [3.63, 3.8) is 0 Å². The van der Waals surface area contributed by atoms with Gasteiger partial charge in [0.05, 0.1) is 19.0 Å². The summed E-state index contributed by atoms with van der Waals surface area (Å²) >= 11 is 0. The lowest BCUT2D eigenvalue weighted by molar-refractivity contribution is 0.0649. The number of nitrogens with one attached hydrogen (secondary N) is 1. The number of sulfone groups is 1. The average molecular weight is 264 g/mol. The summed E-state index contributed by atoms with van der Waals surface area (Å²) in [5.74, 6) is 0.225. The molecule has 0 aromatic heterocycles. The van der Waals surface area contributed by atoms with Crippen LogP contribution in [0.15, 0.2) is 0 Å². The van der Waals surface area contributed by atoms with E-state index >= 15 is 0 Å². The van der Waals surface area contributed by atoms with Crippen molar-refractivity contribution in [1.29, 1.82) is 0 Å². The number of rotatable bonds is 6. The SMILES string of the molecule is CC(CC1COCCN1)N(C)CCS(C)(=O)=O. The van der Waals surface area contributed by atoms with E-state index in [9.17, 15) is 8.42 Å². The van der Waals surface area contributed by atoms with Crippen LogP contribution >= 0.6 is 0 Å². The predicted molar refractivity (Wildman–Crippen MR) is 69.0 cm³/mol. The molecule has 0 spiro atoms. The van der Waals surface area contributed by atoms with E-state index in [4.69, 9.17) is 4.74 Å². The summed E-state index contributed by atoms with van der Waals surface area (Å²) in [6.45, 7) is 5.16. The second-order valence-corrected chi connectivity index (χ2v) is 7.18. The van der Waals surface area contributed by atoms with Crippen molar-refractivity contribution in [2.75, 3.05) is 45.4 Å². The molecule has 1 N–H and O–H groups in total. The largest absolute Gasteiger partial charge is 0.379 e. The Hall–Kier alpha value is -0.170. The summed E-state index contributed by atoms with van der Waals surface area (Å²) in [7, 11) is -0.896. The maximum atomic E-state index is 11.1. The number of nitrogens with zero attached hydrogens (tertiary/aromatic N) is 1. The van der Waals surface area contributed by atoms with Gasteiger partial charge in [-0.05, 0) is 20.4 Å². The van der Waals surface area contributed by atoms with Gasteiger partial charge in [-0.15, -0.1) is 0 Å². The van der Waals surface area contributed by atoms with Crippen LogP contribution in [-0.2, 0) is 14.6 Å². The second kappa shape index (κ2) is 6.68. The molecule has 0 aromatic carbocycles. The molecule has 1 aliphatic rings. The van der Waals surface area contributed by atoms with Crippen molar-refractivity contribution in [3.05, 3.63) is 0 Å². The normalized spacial score (nSPS) is 23.9. The minimum atomic E-state index is -2.87. The first kappa shape index (κ1) is 14.9. The van der Waals surface area contributed by atoms with Gasteiger partial charge in [-0.3, -0.25) is 0 Å². The van der Waals surface area contributed by atoms with Crippen LogP contribution in [0.2, 0.25) is 0 Å². The van der Waals surface area contributed by atoms with Crippen LogP contribution in [0.4, 0.5) is 0 Å². The van der Waals surface area contributed by atoms with E-state index in [2.05, 4.69) is 17.1 Å². The quantitative estimate of drug-likeness (QED) is 0.716. The van der Waals surface area contributed by atoms with E-state index in [0.29, 0.717) is 18.6 Å². The fourth-order valence-electron chi connectivity index (χ4n) is 1.89. The van der Waals surface area contributed by atoms with Gasteiger partial charge in [0.15, 0.2) is 0 Å². The molecule has 0 bridgehead atoms. The van der Waals surface area contributed by atoms with Gasteiger partial charge in [0.25, 0.3) is 0 Å². The van der Waals surface area contributed by atoms with E-state index < -0.39 is 9.84 Å². The van der Waals surface area contributed by atoms with Gasteiger partial charge in [-0.1, -0.05) is 0 Å². The monoisotopic (exact) mass is 264 g/mol. The topological polar surface area (TPSA) is 58.6 Å². The van der Waals surface area contributed by atoms with Crippen LogP contribution in [0.1, 0.15) is 13.3 Å². The Labute approximate surface area is 104 Å². The first-order valence-electron chi connectivity index (χ1n) is 6.07. The third kappa shape index (κ3) is 6.35. The van der Waals surface area contributed by atoms with Crippen molar-refractivity contribution < 1.29 is 13.2 Å². The molecule has 102 valence electrons. The molecule has 17 heavy (non-hydrogen) atoms. The number of hydrogen-bond donors (Lipinski definition) is 1. The van der Waals surface area contributed by atoms with E-state index in [0.717, 1.165) is 26.2 Å². The van der Waals surface area contributed by atoms with E-state index in [-0.39, 0.29) is 5.75 Å². The molecule has 1 saturated heterocycles. The van der Waals surface area contributed by atoms with Gasteiger partial charge >= 0.3 is 0 Å². The van der Waals surface area contributed by atoms with Crippen LogP contribution < -0.4 is 5.32 Å². The third-order valence-electron chi connectivity index (χ3n) is 3.19. The molecule has 1 fully saturated rings. The Balaban J connectivity index is 2.28. The molecule has 1 aliphatic heterocycles. The summed E-state index contributed by atoms with van der Waals surface area (Å²) in [6, 6.07) is 0.746. The molecular formula is C11H24N2O3S. The van der Waals surface area contributed by atoms with E-state index in [1.807, 2.05) is 7.05 Å². The highest BCUT2D eigenvalue weighted by molar-refractivity contribution is 7.90. The molecule has 1 heterocycles. The predicted octanol–water partition coefficient (Wildman–Crippen LogP) is -0.270. The zero-order valence-corrected chi connectivity index (χ0v) is 11.8. The molecule has 1 rings (SSSR count). The lowest BCUT2D eigenvalue weighted by Gasteiger charge is -2.30. The Morgan fingerprint density at radius 2 is 2.24 bits per heavy atom. The average Bonchev–Trinajstić information content (AvgIpc) is 2.26. The van der Waals surface area contributed by atoms with Crippen molar-refractivity contribution >= 4 is 9.84 Å². The van der Waals surface area contributed by atoms with Gasteiger partial charge in [-0.2, -0.15) is 0 Å². The van der Waals surface area contributed by atoms with Crippen LogP contribution in [0.5, 0.6) is 0 Å². The van der Waals surface area contributed by atoms with Gasteiger partial charge in [0, 0.05) is 31.4 Å². The number of ether oxygens (including phenoxy) is 1. The van der Waals surface area contributed by atoms with Gasteiger partial charge in [0.2, 0.25) is 0 Å². The zero-order valence-electron chi connectivity index (χ0n) is 11.0. The van der Waals surface area contributed by atoms with Crippen molar-refractivity contribution in [1.82, 2.24) is 10.2 Å². The summed E-state index contributed by atoms with van der Waals surface area (Å²) < 4.78 is 27.6. The summed E-state index contributed by atoms with van der Waals surface area (Å²) in [6.07, 6.45) is 2.27. The lowest BCUT2D eigenvalue weighted by Crippen LogP contribution is -2.45. The van der Waals surface area contributed by atoms with Gasteiger partial charge in [-0.25, -0.2) is 8.42 Å². The Morgan fingerprint density at radius 1 is 1.53 bits per heavy atom. The van der Waals surface area contributed by atoms with E-state index in [1.165, 1.54) is 6.26 Å². The first-order valence-corrected chi connectivity index (χ1v) is 8.13. The maximum absolute atomic E-state index is 11.1. The Morgan fingerprint density at radius 3 is 2.76 bits per heavy atom. The number of morpholine rings is 1. The summed E-state index contributed by atoms with van der Waals surface area (Å²) in [4.78, 5) is 2.09. The highest BCUT2D eigenvalue weighted by atomic mass is 32.2. The van der Waals surface area contributed by atoms with Crippen molar-refractivity contribution in [2.24, 2.45) is 0 Å². The van der Waals surface area contributed by atoms with Crippen LogP contribution in [-0.4, -0.2) is 70.8 Å². The van der Waals surface area contributed by atoms with Crippen LogP contribution in [0, 0.1) is 0 Å². The molecule has 2 unspecified atom stereocenters. The molecule has 2 atom stereocenters. The zero-order chi connectivity index (χ0) is 12.9. The second-order valence-electron chi connectivity index (χ2n) is 4.92. The number of hydrogen-bond acceptors (Lipinski definition) is 5. The summed E-state index contributed by atoms with van der Waals surface area (Å²) in [5, 5.41) is 3.41. The first-order chi connectivity index (χ1) is 7.88.